The van der Waals surface area contributed by atoms with Crippen LogP contribution in [0, 0.1) is 29.1 Å². The Bertz CT molecular complexity index is 686. The largest absolute Gasteiger partial charge is 0.394 e. The lowest BCUT2D eigenvalue weighted by Crippen LogP contribution is -2.69. The maximum absolute atomic E-state index is 12.7. The summed E-state index contributed by atoms with van der Waals surface area (Å²) in [4.78, 5) is 12.7. The van der Waals surface area contributed by atoms with Crippen LogP contribution < -0.4 is 0 Å². The summed E-state index contributed by atoms with van der Waals surface area (Å²) < 4.78 is 11.7. The minimum absolute atomic E-state index is 0.0117. The Kier molecular flexibility index (Phi) is 4.81. The zero-order chi connectivity index (χ0) is 20.6. The van der Waals surface area contributed by atoms with Gasteiger partial charge in [-0.15, -0.1) is 0 Å². The zero-order valence-electron chi connectivity index (χ0n) is 16.9. The fourth-order valence-electron chi connectivity index (χ4n) is 6.69. The number of carbonyl (C=O) groups is 1. The van der Waals surface area contributed by atoms with Crippen LogP contribution in [-0.4, -0.2) is 69.1 Å². The van der Waals surface area contributed by atoms with Crippen LogP contribution in [0.3, 0.4) is 0 Å². The van der Waals surface area contributed by atoms with Crippen LogP contribution in [0.5, 0.6) is 0 Å². The smallest absolute Gasteiger partial charge is 0.187 e. The van der Waals surface area contributed by atoms with Gasteiger partial charge < -0.3 is 29.9 Å². The average molecular weight is 396 g/mol. The maximum atomic E-state index is 12.7. The van der Waals surface area contributed by atoms with Gasteiger partial charge in [0, 0.05) is 5.92 Å². The standard InChI is InChI=1S/C21H32O7/c1-9-7-11(23)15-13-10(5-6-21(15,4)14(9)13)20(2,3)28-19-18(26)17(25)16(24)12(8-22)27-19/h7,10,12-19,22,24-26H,5-6,8H2,1-4H3/t10-,12+,13+,14+,15+,16+,17-,18+,19-,21+/m0/s1. The molecule has 4 N–H and O–H groups in total. The van der Waals surface area contributed by atoms with Crippen LogP contribution in [0.15, 0.2) is 11.6 Å². The molecule has 0 aromatic carbocycles. The first kappa shape index (κ1) is 20.4. The van der Waals surface area contributed by atoms with E-state index < -0.39 is 42.9 Å². The molecule has 0 spiro atoms. The summed E-state index contributed by atoms with van der Waals surface area (Å²) in [6, 6.07) is 0. The Labute approximate surface area is 165 Å². The first-order chi connectivity index (χ1) is 13.0. The Morgan fingerprint density at radius 3 is 2.50 bits per heavy atom. The van der Waals surface area contributed by atoms with Crippen molar-refractivity contribution in [3.8, 4) is 0 Å². The van der Waals surface area contributed by atoms with Crippen LogP contribution in [-0.2, 0) is 14.3 Å². The van der Waals surface area contributed by atoms with Gasteiger partial charge in [-0.3, -0.25) is 4.79 Å². The fourth-order valence-corrected chi connectivity index (χ4v) is 6.69. The molecule has 4 aliphatic carbocycles. The molecule has 0 radical (unpaired) electrons. The van der Waals surface area contributed by atoms with E-state index in [0.717, 1.165) is 18.4 Å². The van der Waals surface area contributed by atoms with Gasteiger partial charge in [-0.25, -0.2) is 0 Å². The molecule has 1 saturated heterocycles. The molecular formula is C21H32O7. The summed E-state index contributed by atoms with van der Waals surface area (Å²) in [6.45, 7) is 7.63. The van der Waals surface area contributed by atoms with Crippen molar-refractivity contribution in [3.63, 3.8) is 0 Å². The van der Waals surface area contributed by atoms with Crippen LogP contribution in [0.4, 0.5) is 0 Å². The Hall–Kier alpha value is -0.830. The highest BCUT2D eigenvalue weighted by Gasteiger charge is 2.70. The molecule has 7 heteroatoms. The molecular weight excluding hydrogens is 364 g/mol. The van der Waals surface area contributed by atoms with E-state index >= 15 is 0 Å². The van der Waals surface area contributed by atoms with Crippen molar-refractivity contribution in [3.05, 3.63) is 11.6 Å². The van der Waals surface area contributed by atoms with E-state index in [1.165, 1.54) is 0 Å². The van der Waals surface area contributed by atoms with Crippen molar-refractivity contribution in [1.29, 1.82) is 0 Å². The number of rotatable bonds is 4. The fraction of sp³-hybridized carbons (Fsp3) is 0.857. The van der Waals surface area contributed by atoms with Gasteiger partial charge >= 0.3 is 0 Å². The number of aliphatic hydroxyl groups excluding tert-OH is 4. The predicted octanol–water partition coefficient (Wildman–Crippen LogP) is 0.389. The van der Waals surface area contributed by atoms with Crippen molar-refractivity contribution in [2.75, 3.05) is 6.61 Å². The molecule has 158 valence electrons. The number of fused-ring (bicyclic) bond motifs is 1. The third kappa shape index (κ3) is 2.67. The lowest BCUT2D eigenvalue weighted by atomic mass is 9.34. The van der Waals surface area contributed by atoms with E-state index in [-0.39, 0.29) is 29.0 Å². The molecule has 1 aliphatic heterocycles. The highest BCUT2D eigenvalue weighted by molar-refractivity contribution is 5.96. The minimum Gasteiger partial charge on any atom is -0.394 e. The summed E-state index contributed by atoms with van der Waals surface area (Å²) in [6.07, 6.45) is -2.79. The highest BCUT2D eigenvalue weighted by Crippen LogP contribution is 2.71. The molecule has 7 nitrogen and oxygen atoms in total. The zero-order valence-corrected chi connectivity index (χ0v) is 16.9. The molecule has 28 heavy (non-hydrogen) atoms. The number of aliphatic hydroxyl groups is 4. The third-order valence-corrected chi connectivity index (χ3v) is 7.98. The van der Waals surface area contributed by atoms with E-state index in [1.807, 2.05) is 20.8 Å². The Morgan fingerprint density at radius 1 is 1.21 bits per heavy atom. The Balaban J connectivity index is 1.55. The normalized spacial score (nSPS) is 50.8. The first-order valence-corrected chi connectivity index (χ1v) is 10.2. The van der Waals surface area contributed by atoms with Gasteiger partial charge in [0.05, 0.1) is 12.2 Å². The SMILES string of the molecule is CC1=CC(=O)[C@@H]2[C@H]3[C@@H]1[C@@]2(C)CC[C@@H]3C(C)(C)O[C@@H]1O[C@H](CO)[C@@H](O)[C@H](O)[C@H]1O. The maximum Gasteiger partial charge on any atom is 0.187 e. The van der Waals surface area contributed by atoms with Gasteiger partial charge in [0.15, 0.2) is 12.1 Å². The topological polar surface area (TPSA) is 116 Å². The predicted molar refractivity (Wildman–Crippen MR) is 99.0 cm³/mol. The van der Waals surface area contributed by atoms with Crippen molar-refractivity contribution in [1.82, 2.24) is 0 Å². The van der Waals surface area contributed by atoms with Crippen molar-refractivity contribution in [2.45, 2.75) is 76.8 Å². The van der Waals surface area contributed by atoms with E-state index in [2.05, 4.69) is 6.92 Å². The molecule has 2 saturated carbocycles. The molecule has 0 aromatic heterocycles. The second kappa shape index (κ2) is 6.59. The Morgan fingerprint density at radius 2 is 1.89 bits per heavy atom. The van der Waals surface area contributed by atoms with Crippen molar-refractivity contribution >= 4 is 5.78 Å². The molecule has 4 bridgehead atoms. The van der Waals surface area contributed by atoms with E-state index in [1.54, 1.807) is 6.08 Å². The molecule has 0 unspecified atom stereocenters. The number of ketones is 1. The van der Waals surface area contributed by atoms with Crippen LogP contribution in [0.25, 0.3) is 0 Å². The van der Waals surface area contributed by atoms with E-state index in [9.17, 15) is 25.2 Å². The van der Waals surface area contributed by atoms with Crippen LogP contribution in [0.2, 0.25) is 0 Å². The number of hydrogen-bond acceptors (Lipinski definition) is 7. The number of hydrogen-bond donors (Lipinski definition) is 4. The monoisotopic (exact) mass is 396 g/mol. The van der Waals surface area contributed by atoms with Crippen molar-refractivity contribution < 1.29 is 34.7 Å². The molecule has 3 fully saturated rings. The van der Waals surface area contributed by atoms with Crippen LogP contribution in [0.1, 0.15) is 40.5 Å². The van der Waals surface area contributed by atoms with Gasteiger partial charge in [0.2, 0.25) is 0 Å². The number of carbonyl (C=O) groups excluding carboxylic acids is 1. The van der Waals surface area contributed by atoms with Crippen LogP contribution >= 0.6 is 0 Å². The second-order valence-corrected chi connectivity index (χ2v) is 9.89. The van der Waals surface area contributed by atoms with E-state index in [4.69, 9.17) is 9.47 Å². The summed E-state index contributed by atoms with van der Waals surface area (Å²) in [5, 5.41) is 39.8. The van der Waals surface area contributed by atoms with Gasteiger partial charge in [0.25, 0.3) is 0 Å². The average Bonchev–Trinajstić information content (AvgIpc) is 2.61. The lowest BCUT2D eigenvalue weighted by molar-refractivity contribution is -0.338. The van der Waals surface area contributed by atoms with Gasteiger partial charge in [-0.05, 0) is 62.9 Å². The molecule has 1 heterocycles. The van der Waals surface area contributed by atoms with Gasteiger partial charge in [0.1, 0.15) is 24.4 Å². The van der Waals surface area contributed by atoms with Crippen molar-refractivity contribution in [2.24, 2.45) is 29.1 Å². The highest BCUT2D eigenvalue weighted by atomic mass is 16.7. The molecule has 10 atom stereocenters. The molecule has 5 aliphatic rings. The summed E-state index contributed by atoms with van der Waals surface area (Å²) in [5.41, 5.74) is 0.471. The molecule has 5 rings (SSSR count). The summed E-state index contributed by atoms with van der Waals surface area (Å²) >= 11 is 0. The van der Waals surface area contributed by atoms with Gasteiger partial charge in [-0.2, -0.15) is 0 Å². The quantitative estimate of drug-likeness (QED) is 0.543. The lowest BCUT2D eigenvalue weighted by Gasteiger charge is -2.70. The summed E-state index contributed by atoms with van der Waals surface area (Å²) in [5.74, 6) is 0.894. The minimum atomic E-state index is -1.46. The third-order valence-electron chi connectivity index (χ3n) is 7.98. The number of allylic oxidation sites excluding steroid dienone is 2. The molecule has 0 amide bonds. The molecule has 0 aromatic rings. The second-order valence-electron chi connectivity index (χ2n) is 9.89. The number of ether oxygens (including phenoxy) is 2. The first-order valence-electron chi connectivity index (χ1n) is 10.2. The van der Waals surface area contributed by atoms with E-state index in [0.29, 0.717) is 5.92 Å². The van der Waals surface area contributed by atoms with Gasteiger partial charge in [-0.1, -0.05) is 12.5 Å². The summed E-state index contributed by atoms with van der Waals surface area (Å²) in [7, 11) is 0.